The van der Waals surface area contributed by atoms with E-state index in [-0.39, 0.29) is 0 Å². The molecule has 1 saturated heterocycles. The van der Waals surface area contributed by atoms with E-state index in [4.69, 9.17) is 0 Å². The number of likely N-dealkylation sites (N-methyl/N-ethyl adjacent to an activating group) is 2. The molecule has 2 heteroatoms. The first kappa shape index (κ1) is 9.01. The molecular weight excluding hydrogens is 136 g/mol. The van der Waals surface area contributed by atoms with Gasteiger partial charge < -0.3 is 4.48 Å². The van der Waals surface area contributed by atoms with Crippen LogP contribution in [0.4, 0.5) is 0 Å². The van der Waals surface area contributed by atoms with Crippen LogP contribution >= 0.6 is 0 Å². The number of rotatable bonds is 2. The molecule has 0 atom stereocenters. The zero-order chi connectivity index (χ0) is 8.32. The summed E-state index contributed by atoms with van der Waals surface area (Å²) in [7, 11) is 2.22. The van der Waals surface area contributed by atoms with E-state index in [0.29, 0.717) is 0 Å². The molecule has 1 aliphatic rings. The van der Waals surface area contributed by atoms with E-state index < -0.39 is 0 Å². The number of piperazine rings is 1. The first-order valence-electron chi connectivity index (χ1n) is 4.76. The van der Waals surface area contributed by atoms with Crippen LogP contribution in [0.2, 0.25) is 0 Å². The Kier molecular flexibility index (Phi) is 2.90. The molecule has 0 aromatic heterocycles. The highest BCUT2D eigenvalue weighted by atomic mass is 15.4. The Labute approximate surface area is 70.4 Å². The van der Waals surface area contributed by atoms with Crippen LogP contribution < -0.4 is 0 Å². The highest BCUT2D eigenvalue weighted by Gasteiger charge is 2.27. The minimum atomic E-state index is 1.28. The maximum absolute atomic E-state index is 2.43. The van der Waals surface area contributed by atoms with Crippen molar-refractivity contribution in [2.75, 3.05) is 46.3 Å². The number of nitrogens with zero attached hydrogens (tertiary/aromatic N) is 2. The zero-order valence-corrected chi connectivity index (χ0v) is 8.14. The van der Waals surface area contributed by atoms with Crippen LogP contribution in [0.25, 0.3) is 0 Å². The molecular formula is C9H21N2+. The molecule has 11 heavy (non-hydrogen) atoms. The molecule has 0 saturated carbocycles. The lowest BCUT2D eigenvalue weighted by molar-refractivity contribution is -0.928. The van der Waals surface area contributed by atoms with E-state index in [1.807, 2.05) is 0 Å². The summed E-state index contributed by atoms with van der Waals surface area (Å²) in [5.41, 5.74) is 0. The van der Waals surface area contributed by atoms with Gasteiger partial charge in [-0.2, -0.15) is 0 Å². The summed E-state index contributed by atoms with van der Waals surface area (Å²) in [6.45, 7) is 12.5. The molecule has 0 aromatic rings. The van der Waals surface area contributed by atoms with Crippen molar-refractivity contribution in [3.05, 3.63) is 0 Å². The minimum absolute atomic E-state index is 1.28. The SMILES string of the molecule is CC[N+]1(CC)CCN(C)CC1. The second-order valence-corrected chi connectivity index (χ2v) is 3.72. The van der Waals surface area contributed by atoms with Crippen LogP contribution in [-0.2, 0) is 0 Å². The van der Waals surface area contributed by atoms with Gasteiger partial charge in [-0.05, 0) is 20.9 Å². The van der Waals surface area contributed by atoms with Gasteiger partial charge in [-0.1, -0.05) is 0 Å². The quantitative estimate of drug-likeness (QED) is 0.536. The van der Waals surface area contributed by atoms with Crippen molar-refractivity contribution in [3.63, 3.8) is 0 Å². The lowest BCUT2D eigenvalue weighted by atomic mass is 10.2. The summed E-state index contributed by atoms with van der Waals surface area (Å²) in [5.74, 6) is 0. The van der Waals surface area contributed by atoms with E-state index in [1.165, 1.54) is 43.8 Å². The molecule has 2 nitrogen and oxygen atoms in total. The van der Waals surface area contributed by atoms with Crippen LogP contribution in [0.5, 0.6) is 0 Å². The fourth-order valence-electron chi connectivity index (χ4n) is 1.85. The Morgan fingerprint density at radius 3 is 1.91 bits per heavy atom. The van der Waals surface area contributed by atoms with Crippen LogP contribution in [0.15, 0.2) is 0 Å². The number of hydrogen-bond donors (Lipinski definition) is 0. The fraction of sp³-hybridized carbons (Fsp3) is 1.00. The average Bonchev–Trinajstić information content (AvgIpc) is 2.07. The smallest absolute Gasteiger partial charge is 0.0916 e. The maximum Gasteiger partial charge on any atom is 0.0916 e. The summed E-state index contributed by atoms with van der Waals surface area (Å²) in [6, 6.07) is 0. The highest BCUT2D eigenvalue weighted by Crippen LogP contribution is 2.10. The highest BCUT2D eigenvalue weighted by molar-refractivity contribution is 4.58. The molecule has 1 rings (SSSR count). The zero-order valence-electron chi connectivity index (χ0n) is 8.14. The Morgan fingerprint density at radius 1 is 1.09 bits per heavy atom. The summed E-state index contributed by atoms with van der Waals surface area (Å²) in [4.78, 5) is 2.43. The molecule has 1 aliphatic heterocycles. The van der Waals surface area contributed by atoms with Gasteiger partial charge in [0.1, 0.15) is 0 Å². The standard InChI is InChI=1S/C9H21N2/c1-4-11(5-2)8-6-10(3)7-9-11/h4-9H2,1-3H3/q+1. The Hall–Kier alpha value is -0.0800. The first-order valence-corrected chi connectivity index (χ1v) is 4.76. The van der Waals surface area contributed by atoms with Crippen molar-refractivity contribution in [2.45, 2.75) is 13.8 Å². The third-order valence-corrected chi connectivity index (χ3v) is 3.25. The maximum atomic E-state index is 2.43. The fourth-order valence-corrected chi connectivity index (χ4v) is 1.85. The number of hydrogen-bond acceptors (Lipinski definition) is 1. The summed E-state index contributed by atoms with van der Waals surface area (Å²) in [5, 5.41) is 0. The topological polar surface area (TPSA) is 3.24 Å². The normalized spacial score (nSPS) is 25.4. The number of quaternary nitrogens is 1. The average molecular weight is 157 g/mol. The predicted octanol–water partition coefficient (Wildman–Crippen LogP) is 0.788. The molecule has 0 N–H and O–H groups in total. The molecule has 0 radical (unpaired) electrons. The van der Waals surface area contributed by atoms with Crippen molar-refractivity contribution >= 4 is 0 Å². The van der Waals surface area contributed by atoms with Crippen molar-refractivity contribution in [1.82, 2.24) is 4.90 Å². The molecule has 1 fully saturated rings. The van der Waals surface area contributed by atoms with Crippen LogP contribution in [0.3, 0.4) is 0 Å². The van der Waals surface area contributed by atoms with E-state index in [1.54, 1.807) is 0 Å². The molecule has 0 amide bonds. The van der Waals surface area contributed by atoms with Crippen LogP contribution in [0, 0.1) is 0 Å². The van der Waals surface area contributed by atoms with Gasteiger partial charge in [-0.3, -0.25) is 4.90 Å². The van der Waals surface area contributed by atoms with Gasteiger partial charge in [0.2, 0.25) is 0 Å². The second-order valence-electron chi connectivity index (χ2n) is 3.72. The molecule has 66 valence electrons. The third-order valence-electron chi connectivity index (χ3n) is 3.25. The van der Waals surface area contributed by atoms with Gasteiger partial charge >= 0.3 is 0 Å². The summed E-state index contributed by atoms with van der Waals surface area (Å²) < 4.78 is 1.34. The molecule has 0 aromatic carbocycles. The lowest BCUT2D eigenvalue weighted by Crippen LogP contribution is -2.58. The van der Waals surface area contributed by atoms with Crippen LogP contribution in [-0.4, -0.2) is 55.7 Å². The molecule has 0 aliphatic carbocycles. The van der Waals surface area contributed by atoms with Gasteiger partial charge in [0, 0.05) is 13.1 Å². The van der Waals surface area contributed by atoms with Crippen molar-refractivity contribution in [3.8, 4) is 0 Å². The van der Waals surface area contributed by atoms with E-state index in [9.17, 15) is 0 Å². The Balaban J connectivity index is 2.45. The van der Waals surface area contributed by atoms with E-state index in [2.05, 4.69) is 25.8 Å². The van der Waals surface area contributed by atoms with Crippen LogP contribution in [0.1, 0.15) is 13.8 Å². The van der Waals surface area contributed by atoms with Gasteiger partial charge in [0.05, 0.1) is 26.2 Å². The summed E-state index contributed by atoms with van der Waals surface area (Å²) in [6.07, 6.45) is 0. The Bertz CT molecular complexity index is 109. The molecule has 0 spiro atoms. The molecule has 1 heterocycles. The second kappa shape index (κ2) is 3.55. The largest absolute Gasteiger partial charge is 0.322 e. The first-order chi connectivity index (χ1) is 5.22. The minimum Gasteiger partial charge on any atom is -0.322 e. The molecule has 0 bridgehead atoms. The Morgan fingerprint density at radius 2 is 1.55 bits per heavy atom. The van der Waals surface area contributed by atoms with Gasteiger partial charge in [-0.25, -0.2) is 0 Å². The molecule has 0 unspecified atom stereocenters. The van der Waals surface area contributed by atoms with Gasteiger partial charge in [0.25, 0.3) is 0 Å². The predicted molar refractivity (Wildman–Crippen MR) is 48.6 cm³/mol. The summed E-state index contributed by atoms with van der Waals surface area (Å²) >= 11 is 0. The van der Waals surface area contributed by atoms with Gasteiger partial charge in [0.15, 0.2) is 0 Å². The van der Waals surface area contributed by atoms with Gasteiger partial charge in [-0.15, -0.1) is 0 Å². The van der Waals surface area contributed by atoms with E-state index in [0.717, 1.165) is 0 Å². The third kappa shape index (κ3) is 1.94. The monoisotopic (exact) mass is 157 g/mol. The van der Waals surface area contributed by atoms with E-state index >= 15 is 0 Å². The van der Waals surface area contributed by atoms with Crippen molar-refractivity contribution in [1.29, 1.82) is 0 Å². The lowest BCUT2D eigenvalue weighted by Gasteiger charge is -2.42. The van der Waals surface area contributed by atoms with Crippen molar-refractivity contribution in [2.24, 2.45) is 0 Å². The van der Waals surface area contributed by atoms with Crippen molar-refractivity contribution < 1.29 is 4.48 Å².